The van der Waals surface area contributed by atoms with Gasteiger partial charge in [0.1, 0.15) is 0 Å². The predicted molar refractivity (Wildman–Crippen MR) is 57.7 cm³/mol. The zero-order chi connectivity index (χ0) is 11.7. The third kappa shape index (κ3) is 7.93. The number of amides is 1. The standard InChI is InChI=1S/C10H20N2O3/c1-3-12(2)9(13)8-11-7-5-4-6-10(14)15/h11H,3-8H2,1-2H3,(H,14,15). The van der Waals surface area contributed by atoms with Crippen LogP contribution in [0.5, 0.6) is 0 Å². The van der Waals surface area contributed by atoms with Crippen molar-refractivity contribution in [1.82, 2.24) is 10.2 Å². The summed E-state index contributed by atoms with van der Waals surface area (Å²) in [7, 11) is 1.76. The summed E-state index contributed by atoms with van der Waals surface area (Å²) in [4.78, 5) is 23.1. The van der Waals surface area contributed by atoms with Gasteiger partial charge in [-0.25, -0.2) is 0 Å². The van der Waals surface area contributed by atoms with Crippen molar-refractivity contribution >= 4 is 11.9 Å². The van der Waals surface area contributed by atoms with E-state index in [-0.39, 0.29) is 12.3 Å². The van der Waals surface area contributed by atoms with Crippen molar-refractivity contribution in [2.24, 2.45) is 0 Å². The van der Waals surface area contributed by atoms with Gasteiger partial charge in [0.05, 0.1) is 6.54 Å². The highest BCUT2D eigenvalue weighted by Crippen LogP contribution is 1.93. The van der Waals surface area contributed by atoms with E-state index in [2.05, 4.69) is 5.32 Å². The number of carboxylic acids is 1. The number of nitrogens with zero attached hydrogens (tertiary/aromatic N) is 1. The first-order chi connectivity index (χ1) is 7.07. The molecule has 0 aromatic rings. The van der Waals surface area contributed by atoms with E-state index in [1.54, 1.807) is 11.9 Å². The molecule has 0 radical (unpaired) electrons. The first-order valence-corrected chi connectivity index (χ1v) is 5.24. The number of aliphatic carboxylic acids is 1. The molecule has 0 aromatic heterocycles. The van der Waals surface area contributed by atoms with Crippen LogP contribution in [0.2, 0.25) is 0 Å². The second-order valence-electron chi connectivity index (χ2n) is 3.44. The highest BCUT2D eigenvalue weighted by atomic mass is 16.4. The quantitative estimate of drug-likeness (QED) is 0.573. The van der Waals surface area contributed by atoms with Gasteiger partial charge in [-0.3, -0.25) is 9.59 Å². The SMILES string of the molecule is CCN(C)C(=O)CNCCCCC(=O)O. The number of carboxylic acid groups (broad SMARTS) is 1. The molecule has 88 valence electrons. The molecule has 0 atom stereocenters. The lowest BCUT2D eigenvalue weighted by Crippen LogP contribution is -2.35. The van der Waals surface area contributed by atoms with Crippen LogP contribution in [0.1, 0.15) is 26.2 Å². The van der Waals surface area contributed by atoms with E-state index in [1.807, 2.05) is 6.92 Å². The Bertz CT molecular complexity index is 207. The van der Waals surface area contributed by atoms with E-state index < -0.39 is 5.97 Å². The molecule has 0 saturated heterocycles. The molecule has 5 heteroatoms. The van der Waals surface area contributed by atoms with Crippen LogP contribution in [0.25, 0.3) is 0 Å². The van der Waals surface area contributed by atoms with Crippen molar-refractivity contribution in [3.63, 3.8) is 0 Å². The van der Waals surface area contributed by atoms with Crippen LogP contribution < -0.4 is 5.32 Å². The largest absolute Gasteiger partial charge is 0.481 e. The smallest absolute Gasteiger partial charge is 0.303 e. The molecule has 0 aliphatic heterocycles. The molecule has 0 aliphatic carbocycles. The summed E-state index contributed by atoms with van der Waals surface area (Å²) in [6.07, 6.45) is 1.64. The Morgan fingerprint density at radius 2 is 2.00 bits per heavy atom. The highest BCUT2D eigenvalue weighted by molar-refractivity contribution is 5.77. The average Bonchev–Trinajstić information content (AvgIpc) is 2.21. The zero-order valence-electron chi connectivity index (χ0n) is 9.45. The summed E-state index contributed by atoms with van der Waals surface area (Å²) in [5, 5.41) is 11.4. The lowest BCUT2D eigenvalue weighted by atomic mass is 10.2. The Kier molecular flexibility index (Phi) is 7.62. The number of carbonyl (C=O) groups is 2. The fourth-order valence-corrected chi connectivity index (χ4v) is 1.03. The van der Waals surface area contributed by atoms with Gasteiger partial charge in [-0.1, -0.05) is 0 Å². The molecule has 1 amide bonds. The number of hydrogen-bond donors (Lipinski definition) is 2. The maximum absolute atomic E-state index is 11.3. The van der Waals surface area contributed by atoms with Crippen molar-refractivity contribution < 1.29 is 14.7 Å². The first-order valence-electron chi connectivity index (χ1n) is 5.24. The van der Waals surface area contributed by atoms with Gasteiger partial charge in [-0.05, 0) is 26.3 Å². The van der Waals surface area contributed by atoms with Gasteiger partial charge in [-0.2, -0.15) is 0 Å². The molecule has 15 heavy (non-hydrogen) atoms. The molecule has 2 N–H and O–H groups in total. The Morgan fingerprint density at radius 3 is 2.53 bits per heavy atom. The molecule has 0 aliphatic rings. The second-order valence-corrected chi connectivity index (χ2v) is 3.44. The second kappa shape index (κ2) is 8.23. The summed E-state index contributed by atoms with van der Waals surface area (Å²) in [6, 6.07) is 0. The third-order valence-corrected chi connectivity index (χ3v) is 2.17. The van der Waals surface area contributed by atoms with Crippen LogP contribution in [0.4, 0.5) is 0 Å². The van der Waals surface area contributed by atoms with E-state index in [9.17, 15) is 9.59 Å². The molecule has 0 heterocycles. The third-order valence-electron chi connectivity index (χ3n) is 2.17. The Hall–Kier alpha value is -1.10. The van der Waals surface area contributed by atoms with Crippen molar-refractivity contribution in [3.05, 3.63) is 0 Å². The van der Waals surface area contributed by atoms with Crippen LogP contribution in [-0.4, -0.2) is 48.6 Å². The lowest BCUT2D eigenvalue weighted by molar-refractivity contribution is -0.137. The van der Waals surface area contributed by atoms with Crippen molar-refractivity contribution in [1.29, 1.82) is 0 Å². The monoisotopic (exact) mass is 216 g/mol. The molecular weight excluding hydrogens is 196 g/mol. The summed E-state index contributed by atoms with van der Waals surface area (Å²) >= 11 is 0. The van der Waals surface area contributed by atoms with Gasteiger partial charge in [0.2, 0.25) is 5.91 Å². The maximum Gasteiger partial charge on any atom is 0.303 e. The molecule has 0 saturated carbocycles. The number of carbonyl (C=O) groups excluding carboxylic acids is 1. The molecule has 0 aromatic carbocycles. The number of likely N-dealkylation sites (N-methyl/N-ethyl adjacent to an activating group) is 1. The van der Waals surface area contributed by atoms with E-state index in [1.165, 1.54) is 0 Å². The lowest BCUT2D eigenvalue weighted by Gasteiger charge is -2.14. The average molecular weight is 216 g/mol. The number of hydrogen-bond acceptors (Lipinski definition) is 3. The molecule has 0 bridgehead atoms. The van der Waals surface area contributed by atoms with Crippen molar-refractivity contribution in [2.75, 3.05) is 26.7 Å². The maximum atomic E-state index is 11.3. The van der Waals surface area contributed by atoms with Crippen LogP contribution in [0.15, 0.2) is 0 Å². The highest BCUT2D eigenvalue weighted by Gasteiger charge is 2.04. The Balaban J connectivity index is 3.31. The molecule has 5 nitrogen and oxygen atoms in total. The molecule has 0 fully saturated rings. The summed E-state index contributed by atoms with van der Waals surface area (Å²) < 4.78 is 0. The van der Waals surface area contributed by atoms with Gasteiger partial charge in [0.15, 0.2) is 0 Å². The van der Waals surface area contributed by atoms with Gasteiger partial charge < -0.3 is 15.3 Å². The molecule has 0 spiro atoms. The van der Waals surface area contributed by atoms with E-state index in [0.717, 1.165) is 6.42 Å². The Morgan fingerprint density at radius 1 is 1.33 bits per heavy atom. The van der Waals surface area contributed by atoms with Crippen LogP contribution in [0.3, 0.4) is 0 Å². The van der Waals surface area contributed by atoms with E-state index in [0.29, 0.717) is 26.1 Å². The first kappa shape index (κ1) is 13.9. The minimum Gasteiger partial charge on any atom is -0.481 e. The van der Waals surface area contributed by atoms with Gasteiger partial charge in [0.25, 0.3) is 0 Å². The van der Waals surface area contributed by atoms with Crippen molar-refractivity contribution in [2.45, 2.75) is 26.2 Å². The number of unbranched alkanes of at least 4 members (excludes halogenated alkanes) is 1. The zero-order valence-corrected chi connectivity index (χ0v) is 9.45. The minimum atomic E-state index is -0.767. The van der Waals surface area contributed by atoms with E-state index >= 15 is 0 Å². The van der Waals surface area contributed by atoms with Crippen LogP contribution >= 0.6 is 0 Å². The van der Waals surface area contributed by atoms with Crippen LogP contribution in [-0.2, 0) is 9.59 Å². The topological polar surface area (TPSA) is 69.6 Å². The summed E-state index contributed by atoms with van der Waals surface area (Å²) in [6.45, 7) is 3.65. The number of nitrogens with one attached hydrogen (secondary N) is 1. The predicted octanol–water partition coefficient (Wildman–Crippen LogP) is 0.309. The number of rotatable bonds is 8. The van der Waals surface area contributed by atoms with Gasteiger partial charge in [0, 0.05) is 20.0 Å². The Labute approximate surface area is 90.5 Å². The molecule has 0 unspecified atom stereocenters. The molecule has 0 rings (SSSR count). The summed E-state index contributed by atoms with van der Waals surface area (Å²) in [5.41, 5.74) is 0. The van der Waals surface area contributed by atoms with Gasteiger partial charge in [-0.15, -0.1) is 0 Å². The molecular formula is C10H20N2O3. The fourth-order valence-electron chi connectivity index (χ4n) is 1.03. The normalized spacial score (nSPS) is 10.0. The fraction of sp³-hybridized carbons (Fsp3) is 0.800. The minimum absolute atomic E-state index is 0.0655. The van der Waals surface area contributed by atoms with E-state index in [4.69, 9.17) is 5.11 Å². The summed E-state index contributed by atoms with van der Waals surface area (Å²) in [5.74, 6) is -0.701. The van der Waals surface area contributed by atoms with Gasteiger partial charge >= 0.3 is 5.97 Å². The van der Waals surface area contributed by atoms with Crippen LogP contribution in [0, 0.1) is 0 Å². The van der Waals surface area contributed by atoms with Crippen molar-refractivity contribution in [3.8, 4) is 0 Å².